The highest BCUT2D eigenvalue weighted by Crippen LogP contribution is 2.23. The number of hydrogen-bond donors (Lipinski definition) is 1. The topological polar surface area (TPSA) is 66.8 Å². The van der Waals surface area contributed by atoms with Gasteiger partial charge in [0.25, 0.3) is 0 Å². The second-order valence-corrected chi connectivity index (χ2v) is 5.76. The zero-order valence-corrected chi connectivity index (χ0v) is 11.6. The number of carbonyl (C=O) groups is 2. The third-order valence-electron chi connectivity index (χ3n) is 2.94. The maximum Gasteiger partial charge on any atom is 0.329 e. The summed E-state index contributed by atoms with van der Waals surface area (Å²) in [6.07, 6.45) is 0.842. The standard InChI is InChI=1S/C13H23NO4/c1-5-10(12(17)18-13(2,3)4)14-7-9(8-15)6-11(14)16/h9-10,15H,5-8H2,1-4H3/t9?,10-/m1/s1. The first-order chi connectivity index (χ1) is 8.28. The number of rotatable bonds is 4. The predicted octanol–water partition coefficient (Wildman–Crippen LogP) is 0.948. The van der Waals surface area contributed by atoms with Crippen molar-refractivity contribution in [2.45, 2.75) is 52.2 Å². The molecule has 0 saturated carbocycles. The fourth-order valence-electron chi connectivity index (χ4n) is 2.12. The van der Waals surface area contributed by atoms with Gasteiger partial charge in [-0.3, -0.25) is 4.79 Å². The molecule has 0 spiro atoms. The molecule has 1 amide bonds. The molecule has 1 saturated heterocycles. The van der Waals surface area contributed by atoms with Crippen LogP contribution in [0.5, 0.6) is 0 Å². The van der Waals surface area contributed by atoms with E-state index in [0.717, 1.165) is 0 Å². The molecule has 1 aliphatic heterocycles. The molecular formula is C13H23NO4. The normalized spacial score (nSPS) is 22.2. The van der Waals surface area contributed by atoms with Gasteiger partial charge in [-0.1, -0.05) is 6.92 Å². The number of hydrogen-bond acceptors (Lipinski definition) is 4. The van der Waals surface area contributed by atoms with Crippen LogP contribution in [-0.2, 0) is 14.3 Å². The highest BCUT2D eigenvalue weighted by molar-refractivity contribution is 5.86. The molecule has 18 heavy (non-hydrogen) atoms. The quantitative estimate of drug-likeness (QED) is 0.761. The summed E-state index contributed by atoms with van der Waals surface area (Å²) in [6.45, 7) is 7.69. The van der Waals surface area contributed by atoms with Crippen LogP contribution in [-0.4, -0.2) is 46.7 Å². The fraction of sp³-hybridized carbons (Fsp3) is 0.846. The van der Waals surface area contributed by atoms with Crippen LogP contribution in [0.2, 0.25) is 0 Å². The van der Waals surface area contributed by atoms with Gasteiger partial charge in [0.15, 0.2) is 0 Å². The summed E-state index contributed by atoms with van der Waals surface area (Å²) in [5.41, 5.74) is -0.552. The first-order valence-corrected chi connectivity index (χ1v) is 6.41. The molecule has 0 aromatic carbocycles. The molecule has 5 nitrogen and oxygen atoms in total. The molecule has 0 aliphatic carbocycles. The van der Waals surface area contributed by atoms with Crippen molar-refractivity contribution in [3.8, 4) is 0 Å². The predicted molar refractivity (Wildman–Crippen MR) is 66.8 cm³/mol. The molecule has 0 aromatic heterocycles. The average Bonchev–Trinajstić information content (AvgIpc) is 2.59. The first-order valence-electron chi connectivity index (χ1n) is 6.41. The molecule has 2 atom stereocenters. The third kappa shape index (κ3) is 3.70. The Morgan fingerprint density at radius 3 is 2.56 bits per heavy atom. The minimum Gasteiger partial charge on any atom is -0.458 e. The molecule has 0 radical (unpaired) electrons. The van der Waals surface area contributed by atoms with Crippen molar-refractivity contribution in [2.24, 2.45) is 5.92 Å². The molecule has 1 heterocycles. The van der Waals surface area contributed by atoms with Crippen molar-refractivity contribution in [1.29, 1.82) is 0 Å². The Kier molecular flexibility index (Phi) is 4.73. The number of amides is 1. The number of carbonyl (C=O) groups excluding carboxylic acids is 2. The van der Waals surface area contributed by atoms with E-state index in [9.17, 15) is 9.59 Å². The molecule has 1 aliphatic rings. The summed E-state index contributed by atoms with van der Waals surface area (Å²) in [6, 6.07) is -0.534. The second-order valence-electron chi connectivity index (χ2n) is 5.76. The van der Waals surface area contributed by atoms with E-state index in [1.165, 1.54) is 4.90 Å². The Labute approximate surface area is 108 Å². The lowest BCUT2D eigenvalue weighted by molar-refractivity contribution is -0.163. The smallest absolute Gasteiger partial charge is 0.329 e. The van der Waals surface area contributed by atoms with Gasteiger partial charge in [-0.05, 0) is 27.2 Å². The van der Waals surface area contributed by atoms with Crippen LogP contribution in [0.15, 0.2) is 0 Å². The number of esters is 1. The Hall–Kier alpha value is -1.10. The second kappa shape index (κ2) is 5.69. The molecule has 1 unspecified atom stereocenters. The van der Waals surface area contributed by atoms with Gasteiger partial charge in [0.2, 0.25) is 5.91 Å². The number of likely N-dealkylation sites (tertiary alicyclic amines) is 1. The van der Waals surface area contributed by atoms with Gasteiger partial charge in [0, 0.05) is 25.5 Å². The van der Waals surface area contributed by atoms with Gasteiger partial charge in [0.05, 0.1) is 0 Å². The van der Waals surface area contributed by atoms with E-state index in [1.807, 2.05) is 6.92 Å². The van der Waals surface area contributed by atoms with Crippen molar-refractivity contribution in [2.75, 3.05) is 13.2 Å². The van der Waals surface area contributed by atoms with Crippen LogP contribution in [0.3, 0.4) is 0 Å². The van der Waals surface area contributed by atoms with Crippen molar-refractivity contribution in [3.63, 3.8) is 0 Å². The molecule has 1 fully saturated rings. The average molecular weight is 257 g/mol. The minimum atomic E-state index is -0.552. The molecular weight excluding hydrogens is 234 g/mol. The Bertz CT molecular complexity index is 321. The van der Waals surface area contributed by atoms with Crippen molar-refractivity contribution in [3.05, 3.63) is 0 Å². The minimum absolute atomic E-state index is 0.0208. The summed E-state index contributed by atoms with van der Waals surface area (Å²) >= 11 is 0. The number of aliphatic hydroxyl groups excluding tert-OH is 1. The summed E-state index contributed by atoms with van der Waals surface area (Å²) in [4.78, 5) is 25.4. The van der Waals surface area contributed by atoms with E-state index >= 15 is 0 Å². The summed E-state index contributed by atoms with van der Waals surface area (Å²) in [7, 11) is 0. The van der Waals surface area contributed by atoms with Gasteiger partial charge in [0.1, 0.15) is 11.6 Å². The van der Waals surface area contributed by atoms with E-state index in [4.69, 9.17) is 9.84 Å². The fourth-order valence-corrected chi connectivity index (χ4v) is 2.12. The summed E-state index contributed by atoms with van der Waals surface area (Å²) in [5.74, 6) is -0.502. The van der Waals surface area contributed by atoms with Crippen molar-refractivity contribution < 1.29 is 19.4 Å². The monoisotopic (exact) mass is 257 g/mol. The van der Waals surface area contributed by atoms with E-state index < -0.39 is 11.6 Å². The third-order valence-corrected chi connectivity index (χ3v) is 2.94. The number of nitrogens with zero attached hydrogens (tertiary/aromatic N) is 1. The van der Waals surface area contributed by atoms with Crippen molar-refractivity contribution in [1.82, 2.24) is 4.90 Å². The summed E-state index contributed by atoms with van der Waals surface area (Å²) < 4.78 is 5.33. The molecule has 0 bridgehead atoms. The lowest BCUT2D eigenvalue weighted by Crippen LogP contribution is -2.45. The van der Waals surface area contributed by atoms with Crippen LogP contribution in [0.25, 0.3) is 0 Å². The van der Waals surface area contributed by atoms with Crippen LogP contribution in [0, 0.1) is 5.92 Å². The van der Waals surface area contributed by atoms with Crippen LogP contribution in [0.4, 0.5) is 0 Å². The maximum atomic E-state index is 12.0. The molecule has 1 rings (SSSR count). The first kappa shape index (κ1) is 15.0. The lowest BCUT2D eigenvalue weighted by Gasteiger charge is -2.29. The van der Waals surface area contributed by atoms with E-state index in [0.29, 0.717) is 19.4 Å². The molecule has 0 aromatic rings. The Balaban J connectivity index is 2.72. The zero-order valence-electron chi connectivity index (χ0n) is 11.6. The van der Waals surface area contributed by atoms with Gasteiger partial charge >= 0.3 is 5.97 Å². The van der Waals surface area contributed by atoms with Crippen molar-refractivity contribution >= 4 is 11.9 Å². The summed E-state index contributed by atoms with van der Waals surface area (Å²) in [5, 5.41) is 9.09. The number of ether oxygens (including phenoxy) is 1. The van der Waals surface area contributed by atoms with Crippen LogP contribution in [0.1, 0.15) is 40.5 Å². The van der Waals surface area contributed by atoms with Crippen LogP contribution < -0.4 is 0 Å². The Morgan fingerprint density at radius 1 is 1.56 bits per heavy atom. The molecule has 104 valence electrons. The maximum absolute atomic E-state index is 12.0. The highest BCUT2D eigenvalue weighted by atomic mass is 16.6. The highest BCUT2D eigenvalue weighted by Gasteiger charge is 2.38. The SMILES string of the molecule is CC[C@H](C(=O)OC(C)(C)C)N1CC(CO)CC1=O. The van der Waals surface area contributed by atoms with Gasteiger partial charge in [-0.15, -0.1) is 0 Å². The Morgan fingerprint density at radius 2 is 2.17 bits per heavy atom. The van der Waals surface area contributed by atoms with Gasteiger partial charge in [-0.2, -0.15) is 0 Å². The van der Waals surface area contributed by atoms with Gasteiger partial charge < -0.3 is 14.7 Å². The van der Waals surface area contributed by atoms with E-state index in [1.54, 1.807) is 20.8 Å². The van der Waals surface area contributed by atoms with Gasteiger partial charge in [-0.25, -0.2) is 4.79 Å². The largest absolute Gasteiger partial charge is 0.458 e. The lowest BCUT2D eigenvalue weighted by atomic mass is 10.1. The zero-order chi connectivity index (χ0) is 13.9. The molecule has 5 heteroatoms. The number of aliphatic hydroxyl groups is 1. The van der Waals surface area contributed by atoms with Crippen LogP contribution >= 0.6 is 0 Å². The van der Waals surface area contributed by atoms with E-state index in [2.05, 4.69) is 0 Å². The molecule has 1 N–H and O–H groups in total. The van der Waals surface area contributed by atoms with E-state index in [-0.39, 0.29) is 24.4 Å².